The van der Waals surface area contributed by atoms with Crippen LogP contribution in [0, 0.1) is 0 Å². The highest BCUT2D eigenvalue weighted by atomic mass is 16.3. The van der Waals surface area contributed by atoms with Gasteiger partial charge in [-0.15, -0.1) is 0 Å². The molecule has 0 unspecified atom stereocenters. The van der Waals surface area contributed by atoms with Gasteiger partial charge in [-0.25, -0.2) is 0 Å². The number of aliphatic hydroxyl groups is 1. The maximum absolute atomic E-state index is 12.8. The minimum Gasteiger partial charge on any atom is -0.393 e. The fraction of sp³-hybridized carbons (Fsp3) is 0.269. The lowest BCUT2D eigenvalue weighted by Gasteiger charge is -2.29. The predicted molar refractivity (Wildman–Crippen MR) is 124 cm³/mol. The Morgan fingerprint density at radius 2 is 1.52 bits per heavy atom. The van der Waals surface area contributed by atoms with E-state index in [4.69, 9.17) is 0 Å². The molecule has 1 fully saturated rings. The second kappa shape index (κ2) is 10.2. The molecule has 4 rings (SSSR count). The molecule has 1 saturated heterocycles. The summed E-state index contributed by atoms with van der Waals surface area (Å²) in [6.07, 6.45) is 1.56. The number of nitrogens with zero attached hydrogens (tertiary/aromatic N) is 1. The predicted octanol–water partition coefficient (Wildman–Crippen LogP) is 4.32. The summed E-state index contributed by atoms with van der Waals surface area (Å²) >= 11 is 0. The van der Waals surface area contributed by atoms with Crippen LogP contribution in [-0.4, -0.2) is 35.1 Å². The number of amides is 1. The summed E-state index contributed by atoms with van der Waals surface area (Å²) in [5, 5.41) is 16.0. The second-order valence-electron chi connectivity index (χ2n) is 8.04. The Morgan fingerprint density at radius 1 is 0.871 bits per heavy atom. The van der Waals surface area contributed by atoms with Crippen LogP contribution < -0.4 is 10.6 Å². The highest BCUT2D eigenvalue weighted by molar-refractivity contribution is 6.00. The zero-order chi connectivity index (χ0) is 21.5. The van der Waals surface area contributed by atoms with E-state index in [0.717, 1.165) is 49.4 Å². The third-order valence-electron chi connectivity index (χ3n) is 5.66. The largest absolute Gasteiger partial charge is 0.393 e. The number of aliphatic hydroxyl groups excluding tert-OH is 1. The summed E-state index contributed by atoms with van der Waals surface area (Å²) in [7, 11) is 0. The number of likely N-dealkylation sites (tertiary alicyclic amines) is 1. The number of nitrogens with one attached hydrogen (secondary N) is 2. The molecule has 1 aliphatic rings. The summed E-state index contributed by atoms with van der Waals surface area (Å²) < 4.78 is 0. The zero-order valence-electron chi connectivity index (χ0n) is 17.6. The highest BCUT2D eigenvalue weighted by Gasteiger charge is 2.17. The van der Waals surface area contributed by atoms with E-state index in [9.17, 15) is 9.90 Å². The van der Waals surface area contributed by atoms with E-state index in [1.54, 1.807) is 0 Å². The van der Waals surface area contributed by atoms with Gasteiger partial charge in [0.2, 0.25) is 0 Å². The standard InChI is InChI=1S/C26H29N3O2/c30-23-14-16-29(17-15-23)19-21-12-10-20(11-13-21)18-27-26(31)24-8-4-5-9-25(24)28-22-6-2-1-3-7-22/h1-13,23,28,30H,14-19H2,(H,27,31). The van der Waals surface area contributed by atoms with Gasteiger partial charge in [-0.05, 0) is 48.2 Å². The average molecular weight is 416 g/mol. The van der Waals surface area contributed by atoms with Crippen molar-refractivity contribution in [3.8, 4) is 0 Å². The van der Waals surface area contributed by atoms with Crippen molar-refractivity contribution in [2.24, 2.45) is 0 Å². The maximum Gasteiger partial charge on any atom is 0.253 e. The molecule has 1 aliphatic heterocycles. The molecule has 1 amide bonds. The van der Waals surface area contributed by atoms with Crippen molar-refractivity contribution in [3.63, 3.8) is 0 Å². The molecule has 5 nitrogen and oxygen atoms in total. The van der Waals surface area contributed by atoms with Crippen molar-refractivity contribution in [2.45, 2.75) is 32.0 Å². The van der Waals surface area contributed by atoms with Crippen molar-refractivity contribution in [1.29, 1.82) is 0 Å². The fourth-order valence-corrected chi connectivity index (χ4v) is 3.84. The van der Waals surface area contributed by atoms with E-state index in [1.807, 2.05) is 54.6 Å². The van der Waals surface area contributed by atoms with Gasteiger partial charge in [0.1, 0.15) is 0 Å². The van der Waals surface area contributed by atoms with E-state index in [2.05, 4.69) is 39.8 Å². The van der Waals surface area contributed by atoms with E-state index < -0.39 is 0 Å². The van der Waals surface area contributed by atoms with Crippen molar-refractivity contribution in [1.82, 2.24) is 10.2 Å². The SMILES string of the molecule is O=C(NCc1ccc(CN2CCC(O)CC2)cc1)c1ccccc1Nc1ccccc1. The van der Waals surface area contributed by atoms with E-state index >= 15 is 0 Å². The first-order valence-corrected chi connectivity index (χ1v) is 10.8. The lowest BCUT2D eigenvalue weighted by molar-refractivity contribution is 0.0792. The number of rotatable bonds is 7. The molecule has 1 heterocycles. The Morgan fingerprint density at radius 3 is 2.26 bits per heavy atom. The molecule has 0 saturated carbocycles. The molecule has 3 aromatic carbocycles. The second-order valence-corrected chi connectivity index (χ2v) is 8.04. The smallest absolute Gasteiger partial charge is 0.253 e. The van der Waals surface area contributed by atoms with Crippen LogP contribution in [0.2, 0.25) is 0 Å². The fourth-order valence-electron chi connectivity index (χ4n) is 3.84. The van der Waals surface area contributed by atoms with Gasteiger partial charge in [0.05, 0.1) is 17.4 Å². The van der Waals surface area contributed by atoms with Gasteiger partial charge in [-0.2, -0.15) is 0 Å². The molecule has 0 bridgehead atoms. The van der Waals surface area contributed by atoms with Crippen molar-refractivity contribution < 1.29 is 9.90 Å². The zero-order valence-corrected chi connectivity index (χ0v) is 17.6. The van der Waals surface area contributed by atoms with Crippen LogP contribution in [0.1, 0.15) is 34.3 Å². The van der Waals surface area contributed by atoms with Crippen LogP contribution in [0.15, 0.2) is 78.9 Å². The summed E-state index contributed by atoms with van der Waals surface area (Å²) in [6.45, 7) is 3.26. The van der Waals surface area contributed by atoms with Gasteiger partial charge >= 0.3 is 0 Å². The maximum atomic E-state index is 12.8. The van der Waals surface area contributed by atoms with Crippen LogP contribution in [0.4, 0.5) is 11.4 Å². The Labute approximate surface area is 183 Å². The number of para-hydroxylation sites is 2. The number of benzene rings is 3. The molecule has 5 heteroatoms. The lowest BCUT2D eigenvalue weighted by atomic mass is 10.1. The van der Waals surface area contributed by atoms with E-state index in [0.29, 0.717) is 12.1 Å². The molecule has 3 aromatic rings. The average Bonchev–Trinajstić information content (AvgIpc) is 2.81. The topological polar surface area (TPSA) is 64.6 Å². The first kappa shape index (κ1) is 21.1. The van der Waals surface area contributed by atoms with Gasteiger partial charge in [0.25, 0.3) is 5.91 Å². The van der Waals surface area contributed by atoms with E-state index in [1.165, 1.54) is 5.56 Å². The summed E-state index contributed by atoms with van der Waals surface area (Å²) in [6, 6.07) is 25.8. The third-order valence-corrected chi connectivity index (χ3v) is 5.66. The normalized spacial score (nSPS) is 14.9. The van der Waals surface area contributed by atoms with Crippen molar-refractivity contribution in [3.05, 3.63) is 95.6 Å². The molecular weight excluding hydrogens is 386 g/mol. The quantitative estimate of drug-likeness (QED) is 0.538. The molecular formula is C26H29N3O2. The lowest BCUT2D eigenvalue weighted by Crippen LogP contribution is -2.35. The monoisotopic (exact) mass is 415 g/mol. The van der Waals surface area contributed by atoms with Gasteiger partial charge in [-0.1, -0.05) is 54.6 Å². The van der Waals surface area contributed by atoms with Crippen LogP contribution in [-0.2, 0) is 13.1 Å². The Hall–Kier alpha value is -3.15. The molecule has 0 spiro atoms. The number of carbonyl (C=O) groups excluding carboxylic acids is 1. The molecule has 0 radical (unpaired) electrons. The summed E-state index contributed by atoms with van der Waals surface area (Å²) in [5.41, 5.74) is 4.67. The van der Waals surface area contributed by atoms with Crippen LogP contribution in [0.25, 0.3) is 0 Å². The molecule has 0 aromatic heterocycles. The molecule has 0 atom stereocenters. The van der Waals surface area contributed by atoms with Crippen LogP contribution in [0.5, 0.6) is 0 Å². The molecule has 160 valence electrons. The number of hydrogen-bond acceptors (Lipinski definition) is 4. The van der Waals surface area contributed by atoms with Crippen LogP contribution in [0.3, 0.4) is 0 Å². The highest BCUT2D eigenvalue weighted by Crippen LogP contribution is 2.21. The van der Waals surface area contributed by atoms with Gasteiger partial charge in [-0.3, -0.25) is 9.69 Å². The Kier molecular flexibility index (Phi) is 6.97. The first-order chi connectivity index (χ1) is 15.2. The third kappa shape index (κ3) is 5.94. The number of piperidine rings is 1. The van der Waals surface area contributed by atoms with E-state index in [-0.39, 0.29) is 12.0 Å². The van der Waals surface area contributed by atoms with Crippen LogP contribution >= 0.6 is 0 Å². The molecule has 0 aliphatic carbocycles. The Bertz CT molecular complexity index is 981. The van der Waals surface area contributed by atoms with Crippen molar-refractivity contribution >= 4 is 17.3 Å². The molecule has 3 N–H and O–H groups in total. The summed E-state index contributed by atoms with van der Waals surface area (Å²) in [4.78, 5) is 15.2. The van der Waals surface area contributed by atoms with Crippen molar-refractivity contribution in [2.75, 3.05) is 18.4 Å². The first-order valence-electron chi connectivity index (χ1n) is 10.8. The number of hydrogen-bond donors (Lipinski definition) is 3. The molecule has 31 heavy (non-hydrogen) atoms. The van der Waals surface area contributed by atoms with Gasteiger partial charge in [0.15, 0.2) is 0 Å². The van der Waals surface area contributed by atoms with Gasteiger partial charge < -0.3 is 15.7 Å². The van der Waals surface area contributed by atoms with Gasteiger partial charge in [0, 0.05) is 31.9 Å². The summed E-state index contributed by atoms with van der Waals surface area (Å²) in [5.74, 6) is -0.102. The number of anilines is 2. The Balaban J connectivity index is 1.33. The minimum absolute atomic E-state index is 0.102. The number of carbonyl (C=O) groups is 1. The minimum atomic E-state index is -0.143.